The molecule has 3 N–H and O–H groups in total. The number of aromatic nitrogens is 2. The standard InChI is InChI=1S/C25H33N5O.CH4/c1-16-13-18(14-17(2)23(16)31)15-26-19-9-11-20(12-10-19)27-25-28-22-8-6-5-7-21(22)24(29-25)30(3)4;/h5-8,13-14,19-20,26,31H,9-12,15H2,1-4H3,(H,27,28,29);1H4. The fourth-order valence-corrected chi connectivity index (χ4v) is 4.50. The molecule has 0 atom stereocenters. The molecule has 0 unspecified atom stereocenters. The number of nitrogens with zero attached hydrogens (tertiary/aromatic N) is 3. The van der Waals surface area contributed by atoms with Gasteiger partial charge in [0.2, 0.25) is 5.95 Å². The number of rotatable bonds is 6. The number of benzene rings is 2. The SMILES string of the molecule is C.Cc1cc(CNC2CCC(Nc3nc(N(C)C)c4ccccc4n3)CC2)cc(C)c1O. The second kappa shape index (κ2) is 10.2. The van der Waals surface area contributed by atoms with Crippen LogP contribution in [0.1, 0.15) is 49.8 Å². The number of hydrogen-bond donors (Lipinski definition) is 3. The van der Waals surface area contributed by atoms with Gasteiger partial charge in [0.15, 0.2) is 0 Å². The lowest BCUT2D eigenvalue weighted by Gasteiger charge is -2.30. The van der Waals surface area contributed by atoms with Crippen molar-refractivity contribution in [3.8, 4) is 5.75 Å². The van der Waals surface area contributed by atoms with Gasteiger partial charge < -0.3 is 20.6 Å². The highest BCUT2D eigenvalue weighted by Crippen LogP contribution is 2.27. The van der Waals surface area contributed by atoms with E-state index >= 15 is 0 Å². The lowest BCUT2D eigenvalue weighted by Crippen LogP contribution is -2.37. The van der Waals surface area contributed by atoms with E-state index < -0.39 is 0 Å². The van der Waals surface area contributed by atoms with E-state index in [1.165, 1.54) is 5.56 Å². The fraction of sp³-hybridized carbons (Fsp3) is 0.462. The number of fused-ring (bicyclic) bond motifs is 1. The summed E-state index contributed by atoms with van der Waals surface area (Å²) in [6, 6.07) is 13.2. The molecule has 1 heterocycles. The largest absolute Gasteiger partial charge is 0.507 e. The van der Waals surface area contributed by atoms with E-state index in [0.29, 0.717) is 23.8 Å². The third kappa shape index (κ3) is 5.30. The molecule has 1 saturated carbocycles. The van der Waals surface area contributed by atoms with Crippen LogP contribution in [-0.4, -0.2) is 41.3 Å². The third-order valence-electron chi connectivity index (χ3n) is 6.21. The molecule has 0 aliphatic heterocycles. The molecule has 0 saturated heterocycles. The van der Waals surface area contributed by atoms with Crippen LogP contribution in [-0.2, 0) is 6.54 Å². The predicted octanol–water partition coefficient (Wildman–Crippen LogP) is 5.17. The quantitative estimate of drug-likeness (QED) is 0.496. The highest BCUT2D eigenvalue weighted by Gasteiger charge is 2.22. The summed E-state index contributed by atoms with van der Waals surface area (Å²) < 4.78 is 0. The van der Waals surface area contributed by atoms with Gasteiger partial charge in [-0.15, -0.1) is 0 Å². The minimum Gasteiger partial charge on any atom is -0.507 e. The first-order valence-corrected chi connectivity index (χ1v) is 11.1. The summed E-state index contributed by atoms with van der Waals surface area (Å²) in [4.78, 5) is 11.6. The molecule has 1 fully saturated rings. The van der Waals surface area contributed by atoms with E-state index in [9.17, 15) is 5.11 Å². The van der Waals surface area contributed by atoms with Crippen molar-refractivity contribution >= 4 is 22.7 Å². The Bertz CT molecular complexity index is 1030. The van der Waals surface area contributed by atoms with E-state index in [-0.39, 0.29) is 7.43 Å². The Morgan fingerprint density at radius 2 is 1.59 bits per heavy atom. The smallest absolute Gasteiger partial charge is 0.225 e. The molecule has 3 aromatic rings. The Kier molecular flexibility index (Phi) is 7.56. The molecular weight excluding hydrogens is 398 g/mol. The molecular formula is C26H37N5O. The molecule has 6 heteroatoms. The van der Waals surface area contributed by atoms with Crippen molar-refractivity contribution in [3.63, 3.8) is 0 Å². The van der Waals surface area contributed by atoms with E-state index in [4.69, 9.17) is 9.97 Å². The molecule has 1 aliphatic rings. The molecule has 32 heavy (non-hydrogen) atoms. The predicted molar refractivity (Wildman–Crippen MR) is 135 cm³/mol. The van der Waals surface area contributed by atoms with E-state index in [1.807, 2.05) is 51.0 Å². The first-order chi connectivity index (χ1) is 14.9. The molecule has 6 nitrogen and oxygen atoms in total. The number of hydrogen-bond acceptors (Lipinski definition) is 6. The van der Waals surface area contributed by atoms with Gasteiger partial charge in [-0.1, -0.05) is 31.7 Å². The summed E-state index contributed by atoms with van der Waals surface area (Å²) in [5, 5.41) is 18.3. The van der Waals surface area contributed by atoms with Crippen LogP contribution in [0.15, 0.2) is 36.4 Å². The van der Waals surface area contributed by atoms with Crippen LogP contribution < -0.4 is 15.5 Å². The summed E-state index contributed by atoms with van der Waals surface area (Å²) in [6.45, 7) is 4.75. The van der Waals surface area contributed by atoms with E-state index in [2.05, 4.69) is 28.8 Å². The van der Waals surface area contributed by atoms with Crippen molar-refractivity contribution in [1.29, 1.82) is 0 Å². The lowest BCUT2D eigenvalue weighted by molar-refractivity contribution is 0.352. The highest BCUT2D eigenvalue weighted by molar-refractivity contribution is 5.90. The summed E-state index contributed by atoms with van der Waals surface area (Å²) >= 11 is 0. The van der Waals surface area contributed by atoms with Crippen molar-refractivity contribution in [2.45, 2.75) is 65.6 Å². The highest BCUT2D eigenvalue weighted by atomic mass is 16.3. The molecule has 1 aromatic heterocycles. The second-order valence-electron chi connectivity index (χ2n) is 8.93. The van der Waals surface area contributed by atoms with Gasteiger partial charge in [-0.25, -0.2) is 4.98 Å². The van der Waals surface area contributed by atoms with Crippen LogP contribution in [0.2, 0.25) is 0 Å². The zero-order chi connectivity index (χ0) is 22.0. The van der Waals surface area contributed by atoms with Gasteiger partial charge in [0.25, 0.3) is 0 Å². The molecule has 0 spiro atoms. The third-order valence-corrected chi connectivity index (χ3v) is 6.21. The van der Waals surface area contributed by atoms with Gasteiger partial charge in [-0.05, 0) is 68.4 Å². The number of para-hydroxylation sites is 1. The van der Waals surface area contributed by atoms with Crippen molar-refractivity contribution in [1.82, 2.24) is 15.3 Å². The molecule has 4 rings (SSSR count). The lowest BCUT2D eigenvalue weighted by atomic mass is 9.91. The van der Waals surface area contributed by atoms with Crippen LogP contribution in [0.5, 0.6) is 5.75 Å². The monoisotopic (exact) mass is 435 g/mol. The molecule has 0 bridgehead atoms. The summed E-state index contributed by atoms with van der Waals surface area (Å²) in [5.74, 6) is 2.07. The van der Waals surface area contributed by atoms with E-state index in [0.717, 1.165) is 60.1 Å². The Hall–Kier alpha value is -2.86. The first-order valence-electron chi connectivity index (χ1n) is 11.1. The van der Waals surface area contributed by atoms with E-state index in [1.54, 1.807) is 0 Å². The summed E-state index contributed by atoms with van der Waals surface area (Å²) in [7, 11) is 4.04. The Labute approximate surface area is 192 Å². The minimum absolute atomic E-state index is 0. The summed E-state index contributed by atoms with van der Waals surface area (Å²) in [5.41, 5.74) is 4.08. The number of nitrogens with one attached hydrogen (secondary N) is 2. The van der Waals surface area contributed by atoms with Gasteiger partial charge >= 0.3 is 0 Å². The number of phenolic OH excluding ortho intramolecular Hbond substituents is 1. The van der Waals surface area contributed by atoms with Crippen molar-refractivity contribution < 1.29 is 5.11 Å². The molecule has 2 aromatic carbocycles. The Morgan fingerprint density at radius 1 is 0.969 bits per heavy atom. The zero-order valence-corrected chi connectivity index (χ0v) is 18.9. The van der Waals surface area contributed by atoms with Crippen LogP contribution in [0.4, 0.5) is 11.8 Å². The van der Waals surface area contributed by atoms with Crippen molar-refractivity contribution in [2.75, 3.05) is 24.3 Å². The normalized spacial score (nSPS) is 18.2. The molecule has 172 valence electrons. The van der Waals surface area contributed by atoms with Gasteiger partial charge in [0.1, 0.15) is 11.6 Å². The average Bonchev–Trinajstić information content (AvgIpc) is 2.76. The van der Waals surface area contributed by atoms with Crippen LogP contribution in [0, 0.1) is 13.8 Å². The van der Waals surface area contributed by atoms with Crippen LogP contribution in [0.3, 0.4) is 0 Å². The molecule has 0 radical (unpaired) electrons. The van der Waals surface area contributed by atoms with Crippen LogP contribution >= 0.6 is 0 Å². The maximum atomic E-state index is 9.96. The first kappa shape index (κ1) is 23.8. The average molecular weight is 436 g/mol. The molecule has 0 amide bonds. The minimum atomic E-state index is 0. The fourth-order valence-electron chi connectivity index (χ4n) is 4.50. The van der Waals surface area contributed by atoms with Crippen LogP contribution in [0.25, 0.3) is 10.9 Å². The zero-order valence-electron chi connectivity index (χ0n) is 18.9. The number of phenols is 1. The van der Waals surface area contributed by atoms with Gasteiger partial charge in [-0.3, -0.25) is 0 Å². The van der Waals surface area contributed by atoms with Gasteiger partial charge in [0.05, 0.1) is 5.52 Å². The van der Waals surface area contributed by atoms with Crippen molar-refractivity contribution in [2.24, 2.45) is 0 Å². The maximum absolute atomic E-state index is 9.96. The summed E-state index contributed by atoms with van der Waals surface area (Å²) in [6.07, 6.45) is 4.45. The Balaban J connectivity index is 0.00000289. The number of aryl methyl sites for hydroxylation is 2. The topological polar surface area (TPSA) is 73.3 Å². The van der Waals surface area contributed by atoms with Gasteiger partial charge in [0, 0.05) is 38.1 Å². The van der Waals surface area contributed by atoms with Crippen molar-refractivity contribution in [3.05, 3.63) is 53.1 Å². The second-order valence-corrected chi connectivity index (χ2v) is 8.93. The Morgan fingerprint density at radius 3 is 2.25 bits per heavy atom. The number of anilines is 2. The maximum Gasteiger partial charge on any atom is 0.225 e. The molecule has 1 aliphatic carbocycles. The van der Waals surface area contributed by atoms with Gasteiger partial charge in [-0.2, -0.15) is 4.98 Å². The number of aromatic hydroxyl groups is 1.